The van der Waals surface area contributed by atoms with Crippen LogP contribution in [0.2, 0.25) is 0 Å². The highest BCUT2D eigenvalue weighted by Crippen LogP contribution is 2.33. The average molecular weight is 329 g/mol. The third-order valence-corrected chi connectivity index (χ3v) is 3.89. The highest BCUT2D eigenvalue weighted by atomic mass is 19.1. The molecule has 1 aliphatic heterocycles. The summed E-state index contributed by atoms with van der Waals surface area (Å²) in [6.45, 7) is 0.104. The summed E-state index contributed by atoms with van der Waals surface area (Å²) >= 11 is 0. The lowest BCUT2D eigenvalue weighted by atomic mass is 9.92. The van der Waals surface area contributed by atoms with Crippen molar-refractivity contribution >= 4 is 17.5 Å². The Morgan fingerprint density at radius 3 is 2.75 bits per heavy atom. The molecule has 2 amide bonds. The quantitative estimate of drug-likeness (QED) is 0.629. The van der Waals surface area contributed by atoms with Gasteiger partial charge >= 0.3 is 0 Å². The second kappa shape index (κ2) is 6.29. The van der Waals surface area contributed by atoms with Crippen LogP contribution in [0.1, 0.15) is 26.3 Å². The number of fused-ring (bicyclic) bond motifs is 1. The normalized spacial score (nSPS) is 12.7. The number of amides is 2. The number of anilines is 1. The van der Waals surface area contributed by atoms with Crippen LogP contribution < -0.4 is 16.4 Å². The molecule has 7 heteroatoms. The molecule has 0 bridgehead atoms. The number of rotatable bonds is 4. The van der Waals surface area contributed by atoms with E-state index >= 15 is 0 Å². The molecule has 0 saturated heterocycles. The van der Waals surface area contributed by atoms with Crippen LogP contribution in [0.25, 0.3) is 11.1 Å². The summed E-state index contributed by atoms with van der Waals surface area (Å²) in [4.78, 5) is 24.3. The van der Waals surface area contributed by atoms with Gasteiger partial charge in [-0.2, -0.15) is 0 Å². The largest absolute Gasteiger partial charge is 0.399 e. The molecule has 0 unspecified atom stereocenters. The Kier molecular flexibility index (Phi) is 4.18. The van der Waals surface area contributed by atoms with E-state index in [-0.39, 0.29) is 36.7 Å². The van der Waals surface area contributed by atoms with Gasteiger partial charge < -0.3 is 21.5 Å². The first-order chi connectivity index (χ1) is 11.5. The van der Waals surface area contributed by atoms with E-state index in [1.54, 1.807) is 18.2 Å². The molecule has 2 aromatic rings. The Morgan fingerprint density at radius 2 is 2.04 bits per heavy atom. The summed E-state index contributed by atoms with van der Waals surface area (Å²) in [5.41, 5.74) is 7.75. The minimum Gasteiger partial charge on any atom is -0.399 e. The number of nitrogen functional groups attached to an aromatic ring is 1. The molecule has 5 N–H and O–H groups in total. The molecule has 1 aliphatic rings. The summed E-state index contributed by atoms with van der Waals surface area (Å²) in [6.07, 6.45) is 0. The Balaban J connectivity index is 2.11. The maximum absolute atomic E-state index is 14.2. The van der Waals surface area contributed by atoms with Crippen LogP contribution in [0.3, 0.4) is 0 Å². The van der Waals surface area contributed by atoms with Crippen molar-refractivity contribution in [3.63, 3.8) is 0 Å². The van der Waals surface area contributed by atoms with Crippen LogP contribution in [-0.2, 0) is 6.54 Å². The number of aliphatic hydroxyl groups excluding tert-OH is 1. The monoisotopic (exact) mass is 329 g/mol. The lowest BCUT2D eigenvalue weighted by Gasteiger charge is -2.12. The van der Waals surface area contributed by atoms with Gasteiger partial charge in [0.25, 0.3) is 11.8 Å². The Morgan fingerprint density at radius 1 is 1.29 bits per heavy atom. The minimum absolute atomic E-state index is 0.0869. The summed E-state index contributed by atoms with van der Waals surface area (Å²) in [5, 5.41) is 14.0. The maximum Gasteiger partial charge on any atom is 0.252 e. The SMILES string of the molecule is Nc1ccc(-c2ccc(C(=O)NCCO)c3c2CNC3=O)c(F)c1. The third kappa shape index (κ3) is 2.69. The van der Waals surface area contributed by atoms with Gasteiger partial charge in [0.2, 0.25) is 0 Å². The predicted molar refractivity (Wildman–Crippen MR) is 86.8 cm³/mol. The van der Waals surface area contributed by atoms with E-state index in [1.807, 2.05) is 0 Å². The molecule has 0 fully saturated rings. The van der Waals surface area contributed by atoms with Crippen molar-refractivity contribution in [3.05, 3.63) is 52.8 Å². The molecule has 0 spiro atoms. The van der Waals surface area contributed by atoms with Gasteiger partial charge in [0.15, 0.2) is 0 Å². The van der Waals surface area contributed by atoms with Crippen LogP contribution in [0.4, 0.5) is 10.1 Å². The molecular formula is C17H16FN3O3. The van der Waals surface area contributed by atoms with E-state index < -0.39 is 11.7 Å². The number of hydrogen-bond acceptors (Lipinski definition) is 4. The topological polar surface area (TPSA) is 104 Å². The number of nitrogens with two attached hydrogens (primary N) is 1. The fourth-order valence-electron chi connectivity index (χ4n) is 2.80. The first kappa shape index (κ1) is 15.9. The van der Waals surface area contributed by atoms with Crippen molar-refractivity contribution in [1.29, 1.82) is 0 Å². The van der Waals surface area contributed by atoms with Gasteiger partial charge in [0.1, 0.15) is 5.82 Å². The van der Waals surface area contributed by atoms with Crippen molar-refractivity contribution in [2.75, 3.05) is 18.9 Å². The summed E-state index contributed by atoms with van der Waals surface area (Å²) in [5.74, 6) is -1.33. The smallest absolute Gasteiger partial charge is 0.252 e. The fraction of sp³-hybridized carbons (Fsp3) is 0.176. The molecule has 1 heterocycles. The summed E-state index contributed by atoms with van der Waals surface area (Å²) in [7, 11) is 0. The maximum atomic E-state index is 14.2. The molecule has 24 heavy (non-hydrogen) atoms. The summed E-state index contributed by atoms with van der Waals surface area (Å²) < 4.78 is 14.2. The van der Waals surface area contributed by atoms with Crippen molar-refractivity contribution in [2.24, 2.45) is 0 Å². The van der Waals surface area contributed by atoms with Crippen LogP contribution in [-0.4, -0.2) is 30.1 Å². The number of aliphatic hydroxyl groups is 1. The third-order valence-electron chi connectivity index (χ3n) is 3.89. The zero-order chi connectivity index (χ0) is 17.3. The first-order valence-electron chi connectivity index (χ1n) is 7.41. The van der Waals surface area contributed by atoms with Crippen LogP contribution in [0, 0.1) is 5.82 Å². The van der Waals surface area contributed by atoms with E-state index in [0.29, 0.717) is 22.4 Å². The van der Waals surface area contributed by atoms with Gasteiger partial charge in [0, 0.05) is 24.3 Å². The van der Waals surface area contributed by atoms with E-state index in [2.05, 4.69) is 10.6 Å². The predicted octanol–water partition coefficient (Wildman–Crippen LogP) is 1.04. The lowest BCUT2D eigenvalue weighted by Crippen LogP contribution is -2.28. The molecule has 124 valence electrons. The second-order valence-corrected chi connectivity index (χ2v) is 5.42. The molecular weight excluding hydrogens is 313 g/mol. The second-order valence-electron chi connectivity index (χ2n) is 5.42. The first-order valence-corrected chi connectivity index (χ1v) is 7.41. The van der Waals surface area contributed by atoms with Crippen LogP contribution in [0.5, 0.6) is 0 Å². The van der Waals surface area contributed by atoms with Crippen molar-refractivity contribution in [2.45, 2.75) is 6.54 Å². The van der Waals surface area contributed by atoms with Crippen LogP contribution >= 0.6 is 0 Å². The Hall–Kier alpha value is -2.93. The van der Waals surface area contributed by atoms with Crippen molar-refractivity contribution in [3.8, 4) is 11.1 Å². The number of hydrogen-bond donors (Lipinski definition) is 4. The Bertz CT molecular complexity index is 836. The number of carbonyl (C=O) groups is 2. The lowest BCUT2D eigenvalue weighted by molar-refractivity contribution is 0.0921. The number of carbonyl (C=O) groups excluding carboxylic acids is 2. The molecule has 3 rings (SSSR count). The van der Waals surface area contributed by atoms with Gasteiger partial charge in [-0.3, -0.25) is 9.59 Å². The minimum atomic E-state index is -0.492. The molecule has 6 nitrogen and oxygen atoms in total. The summed E-state index contributed by atoms with van der Waals surface area (Å²) in [6, 6.07) is 7.45. The van der Waals surface area contributed by atoms with E-state index in [4.69, 9.17) is 10.8 Å². The molecule has 0 atom stereocenters. The Labute approximate surface area is 137 Å². The number of nitrogens with one attached hydrogen (secondary N) is 2. The van der Waals surface area contributed by atoms with E-state index in [1.165, 1.54) is 12.1 Å². The zero-order valence-electron chi connectivity index (χ0n) is 12.7. The standard InChI is InChI=1S/C17H16FN3O3/c18-14-7-9(19)1-2-11(14)10-3-4-12(16(23)20-5-6-22)15-13(10)8-21-17(15)24/h1-4,7,22H,5-6,8,19H2,(H,20,23)(H,21,24). The van der Waals surface area contributed by atoms with E-state index in [0.717, 1.165) is 0 Å². The van der Waals surface area contributed by atoms with Gasteiger partial charge in [-0.15, -0.1) is 0 Å². The molecule has 0 saturated carbocycles. The van der Waals surface area contributed by atoms with Gasteiger partial charge in [0.05, 0.1) is 17.7 Å². The average Bonchev–Trinajstić information content (AvgIpc) is 2.94. The highest BCUT2D eigenvalue weighted by Gasteiger charge is 2.29. The fourth-order valence-corrected chi connectivity index (χ4v) is 2.80. The molecule has 0 aliphatic carbocycles. The molecule has 0 aromatic heterocycles. The zero-order valence-corrected chi connectivity index (χ0v) is 12.7. The van der Waals surface area contributed by atoms with Crippen molar-refractivity contribution in [1.82, 2.24) is 10.6 Å². The van der Waals surface area contributed by atoms with Crippen LogP contribution in [0.15, 0.2) is 30.3 Å². The van der Waals surface area contributed by atoms with Gasteiger partial charge in [-0.1, -0.05) is 6.07 Å². The molecule has 0 radical (unpaired) electrons. The highest BCUT2D eigenvalue weighted by molar-refractivity contribution is 6.11. The molecule has 2 aromatic carbocycles. The van der Waals surface area contributed by atoms with Gasteiger partial charge in [-0.25, -0.2) is 4.39 Å². The van der Waals surface area contributed by atoms with Crippen molar-refractivity contribution < 1.29 is 19.1 Å². The van der Waals surface area contributed by atoms with E-state index in [9.17, 15) is 14.0 Å². The number of benzene rings is 2. The number of halogens is 1. The van der Waals surface area contributed by atoms with Gasteiger partial charge in [-0.05, 0) is 35.4 Å².